The molecule has 2 aliphatic heterocycles. The highest BCUT2D eigenvalue weighted by atomic mass is 127. The number of guanidine groups is 1. The number of nitrogens with zero attached hydrogens (tertiary/aromatic N) is 2. The zero-order valence-electron chi connectivity index (χ0n) is 16.3. The van der Waals surface area contributed by atoms with Crippen molar-refractivity contribution < 1.29 is 4.79 Å². The van der Waals surface area contributed by atoms with E-state index in [1.165, 1.54) is 10.5 Å². The van der Waals surface area contributed by atoms with Crippen molar-refractivity contribution in [2.45, 2.75) is 38.0 Å². The smallest absolute Gasteiger partial charge is 0.220 e. The van der Waals surface area contributed by atoms with Crippen LogP contribution in [-0.4, -0.2) is 55.2 Å². The molecule has 7 heteroatoms. The van der Waals surface area contributed by atoms with E-state index in [1.807, 2.05) is 11.8 Å². The number of amides is 1. The second-order valence-electron chi connectivity index (χ2n) is 7.38. The van der Waals surface area contributed by atoms with Gasteiger partial charge in [-0.05, 0) is 38.8 Å². The third kappa shape index (κ3) is 6.27. The monoisotopic (exact) mass is 502 g/mol. The van der Waals surface area contributed by atoms with Crippen LogP contribution in [0.15, 0.2) is 34.2 Å². The zero-order valence-corrected chi connectivity index (χ0v) is 19.4. The lowest BCUT2D eigenvalue weighted by Crippen LogP contribution is -2.51. The van der Waals surface area contributed by atoms with Gasteiger partial charge in [0.2, 0.25) is 5.91 Å². The fourth-order valence-electron chi connectivity index (χ4n) is 3.80. The van der Waals surface area contributed by atoms with Crippen LogP contribution in [0.5, 0.6) is 0 Å². The average molecular weight is 502 g/mol. The first kappa shape index (κ1) is 22.3. The Morgan fingerprint density at radius 3 is 2.81 bits per heavy atom. The lowest BCUT2D eigenvalue weighted by Gasteiger charge is -2.40. The molecule has 2 aliphatic rings. The summed E-state index contributed by atoms with van der Waals surface area (Å²) in [6.45, 7) is 8.63. The van der Waals surface area contributed by atoms with E-state index < -0.39 is 0 Å². The first-order chi connectivity index (χ1) is 12.6. The third-order valence-corrected chi connectivity index (χ3v) is 6.13. The summed E-state index contributed by atoms with van der Waals surface area (Å²) in [7, 11) is 0. The lowest BCUT2D eigenvalue weighted by molar-refractivity contribution is -0.119. The third-order valence-electron chi connectivity index (χ3n) is 5.13. The molecule has 0 bridgehead atoms. The number of halogens is 1. The average Bonchev–Trinajstić information content (AvgIpc) is 2.99. The maximum absolute atomic E-state index is 11.7. The molecule has 0 aliphatic carbocycles. The number of hydrogen-bond acceptors (Lipinski definition) is 3. The number of carbonyl (C=O) groups excluding carboxylic acids is 1. The van der Waals surface area contributed by atoms with Gasteiger partial charge in [0.1, 0.15) is 0 Å². The summed E-state index contributed by atoms with van der Waals surface area (Å²) in [5.41, 5.74) is 1.39. The van der Waals surface area contributed by atoms with Crippen molar-refractivity contribution in [3.63, 3.8) is 0 Å². The highest BCUT2D eigenvalue weighted by Crippen LogP contribution is 2.36. The van der Waals surface area contributed by atoms with E-state index in [-0.39, 0.29) is 35.3 Å². The Bertz CT molecular complexity index is 652. The van der Waals surface area contributed by atoms with Gasteiger partial charge >= 0.3 is 0 Å². The number of thioether (sulfide) groups is 1. The number of piperidine rings is 1. The van der Waals surface area contributed by atoms with Gasteiger partial charge in [-0.25, -0.2) is 0 Å². The standard InChI is InChI=1S/C20H30N4OS.HI/c1-3-21-19(22-10-12-26-17-7-5-16(2)6-8-17)24-11-4-9-20(15-24)13-18(25)23-14-20;/h5-8H,3-4,9-15H2,1-2H3,(H,21,22)(H,23,25);1H. The number of benzene rings is 1. The Hall–Kier alpha value is -0.960. The van der Waals surface area contributed by atoms with Crippen LogP contribution >= 0.6 is 35.7 Å². The Morgan fingerprint density at radius 1 is 1.37 bits per heavy atom. The SMILES string of the molecule is CCNC(=NCCSc1ccc(C)cc1)N1CCCC2(CNC(=O)C2)C1.I. The zero-order chi connectivity index (χ0) is 18.4. The Kier molecular flexibility index (Phi) is 8.72. The van der Waals surface area contributed by atoms with Crippen molar-refractivity contribution in [2.75, 3.05) is 38.5 Å². The van der Waals surface area contributed by atoms with Gasteiger partial charge in [0, 0.05) is 48.7 Å². The largest absolute Gasteiger partial charge is 0.357 e. The van der Waals surface area contributed by atoms with E-state index in [0.29, 0.717) is 6.42 Å². The van der Waals surface area contributed by atoms with E-state index >= 15 is 0 Å². The van der Waals surface area contributed by atoms with Crippen LogP contribution in [0.2, 0.25) is 0 Å². The number of aryl methyl sites for hydroxylation is 1. The summed E-state index contributed by atoms with van der Waals surface area (Å²) < 4.78 is 0. The van der Waals surface area contributed by atoms with Crippen LogP contribution < -0.4 is 10.6 Å². The molecule has 2 heterocycles. The molecule has 27 heavy (non-hydrogen) atoms. The molecule has 150 valence electrons. The Labute approximate surface area is 184 Å². The van der Waals surface area contributed by atoms with Crippen LogP contribution in [0.3, 0.4) is 0 Å². The van der Waals surface area contributed by atoms with E-state index in [1.54, 1.807) is 0 Å². The van der Waals surface area contributed by atoms with E-state index in [9.17, 15) is 4.79 Å². The topological polar surface area (TPSA) is 56.7 Å². The quantitative estimate of drug-likeness (QED) is 0.214. The summed E-state index contributed by atoms with van der Waals surface area (Å²) in [6.07, 6.45) is 2.91. The summed E-state index contributed by atoms with van der Waals surface area (Å²) in [4.78, 5) is 20.2. The van der Waals surface area contributed by atoms with Gasteiger partial charge in [-0.2, -0.15) is 0 Å². The minimum absolute atomic E-state index is 0. The molecule has 1 unspecified atom stereocenters. The fourth-order valence-corrected chi connectivity index (χ4v) is 4.55. The molecule has 2 saturated heterocycles. The molecule has 1 aromatic carbocycles. The van der Waals surface area contributed by atoms with Crippen LogP contribution in [0.25, 0.3) is 0 Å². The summed E-state index contributed by atoms with van der Waals surface area (Å²) >= 11 is 1.85. The minimum Gasteiger partial charge on any atom is -0.357 e. The maximum Gasteiger partial charge on any atom is 0.220 e. The number of rotatable bonds is 5. The van der Waals surface area contributed by atoms with Gasteiger partial charge in [0.15, 0.2) is 5.96 Å². The van der Waals surface area contributed by atoms with Crippen LogP contribution in [0.1, 0.15) is 31.7 Å². The molecule has 1 spiro atoms. The van der Waals surface area contributed by atoms with Gasteiger partial charge in [0.25, 0.3) is 0 Å². The second kappa shape index (κ2) is 10.5. The summed E-state index contributed by atoms with van der Waals surface area (Å²) in [5, 5.41) is 6.45. The maximum atomic E-state index is 11.7. The van der Waals surface area contributed by atoms with Crippen molar-refractivity contribution in [1.29, 1.82) is 0 Å². The van der Waals surface area contributed by atoms with E-state index in [2.05, 4.69) is 53.6 Å². The Balaban J connectivity index is 0.00000261. The number of hydrogen-bond donors (Lipinski definition) is 2. The van der Waals surface area contributed by atoms with E-state index in [4.69, 9.17) is 4.99 Å². The lowest BCUT2D eigenvalue weighted by atomic mass is 9.79. The van der Waals surface area contributed by atoms with Crippen LogP contribution in [0, 0.1) is 12.3 Å². The molecule has 0 aromatic heterocycles. The van der Waals surface area contributed by atoms with E-state index in [0.717, 1.165) is 57.3 Å². The molecule has 3 rings (SSSR count). The van der Waals surface area contributed by atoms with Gasteiger partial charge in [-0.1, -0.05) is 17.7 Å². The first-order valence-electron chi connectivity index (χ1n) is 9.60. The van der Waals surface area contributed by atoms with Crippen molar-refractivity contribution >= 4 is 47.6 Å². The molecule has 2 fully saturated rings. The molecule has 1 atom stereocenters. The summed E-state index contributed by atoms with van der Waals surface area (Å²) in [6, 6.07) is 8.65. The van der Waals surface area contributed by atoms with Gasteiger partial charge in [-0.15, -0.1) is 35.7 Å². The minimum atomic E-state index is 0. The van der Waals surface area contributed by atoms with Crippen molar-refractivity contribution in [3.8, 4) is 0 Å². The molecule has 1 aromatic rings. The number of nitrogens with one attached hydrogen (secondary N) is 2. The molecule has 1 amide bonds. The normalized spacial score (nSPS) is 22.5. The second-order valence-corrected chi connectivity index (χ2v) is 8.54. The predicted molar refractivity (Wildman–Crippen MR) is 124 cm³/mol. The number of carbonyl (C=O) groups is 1. The number of aliphatic imine (C=N–C) groups is 1. The predicted octanol–water partition coefficient (Wildman–Crippen LogP) is 3.27. The first-order valence-corrected chi connectivity index (χ1v) is 10.6. The van der Waals surface area contributed by atoms with Crippen LogP contribution in [0.4, 0.5) is 0 Å². The van der Waals surface area contributed by atoms with Gasteiger partial charge in [0.05, 0.1) is 6.54 Å². The van der Waals surface area contributed by atoms with Crippen molar-refractivity contribution in [2.24, 2.45) is 10.4 Å². The number of likely N-dealkylation sites (tertiary alicyclic amines) is 1. The molecule has 0 saturated carbocycles. The van der Waals surface area contributed by atoms with Crippen molar-refractivity contribution in [3.05, 3.63) is 29.8 Å². The molecule has 0 radical (unpaired) electrons. The Morgan fingerprint density at radius 2 is 2.15 bits per heavy atom. The molecule has 2 N–H and O–H groups in total. The molecular weight excluding hydrogens is 471 g/mol. The van der Waals surface area contributed by atoms with Gasteiger partial charge < -0.3 is 15.5 Å². The molecule has 5 nitrogen and oxygen atoms in total. The molecular formula is C20H31IN4OS. The van der Waals surface area contributed by atoms with Gasteiger partial charge in [-0.3, -0.25) is 9.79 Å². The summed E-state index contributed by atoms with van der Waals surface area (Å²) in [5.74, 6) is 2.16. The van der Waals surface area contributed by atoms with Crippen LogP contribution in [-0.2, 0) is 4.79 Å². The van der Waals surface area contributed by atoms with Crippen molar-refractivity contribution in [1.82, 2.24) is 15.5 Å². The highest BCUT2D eigenvalue weighted by Gasteiger charge is 2.42. The highest BCUT2D eigenvalue weighted by molar-refractivity contribution is 14.0. The fraction of sp³-hybridized carbons (Fsp3) is 0.600.